The zero-order valence-corrected chi connectivity index (χ0v) is 21.3. The monoisotopic (exact) mass is 490 g/mol. The van der Waals surface area contributed by atoms with Crippen LogP contribution in [0, 0.1) is 5.92 Å². The minimum Gasteiger partial charge on any atom is -0.497 e. The number of ether oxygens (including phenoxy) is 2. The first kappa shape index (κ1) is 25.6. The lowest BCUT2D eigenvalue weighted by molar-refractivity contribution is 0.0324. The van der Waals surface area contributed by atoms with Crippen molar-refractivity contribution in [3.05, 3.63) is 72.2 Å². The van der Waals surface area contributed by atoms with Crippen LogP contribution in [0.15, 0.2) is 60.9 Å². The van der Waals surface area contributed by atoms with Crippen LogP contribution in [0.4, 0.5) is 0 Å². The number of hydrogen-bond acceptors (Lipinski definition) is 7. The van der Waals surface area contributed by atoms with E-state index in [1.54, 1.807) is 24.4 Å². The smallest absolute Gasteiger partial charge is 0.259 e. The van der Waals surface area contributed by atoms with Gasteiger partial charge in [0, 0.05) is 43.5 Å². The van der Waals surface area contributed by atoms with E-state index in [0.29, 0.717) is 31.1 Å². The fourth-order valence-electron chi connectivity index (χ4n) is 4.40. The fraction of sp³-hybridized carbons (Fsp3) is 0.393. The van der Waals surface area contributed by atoms with Crippen LogP contribution in [-0.4, -0.2) is 76.8 Å². The number of aromatic nitrogens is 2. The molecule has 0 radical (unpaired) electrons. The van der Waals surface area contributed by atoms with Gasteiger partial charge >= 0.3 is 0 Å². The Hall–Kier alpha value is -3.49. The molecule has 1 aliphatic heterocycles. The van der Waals surface area contributed by atoms with Crippen molar-refractivity contribution in [3.63, 3.8) is 0 Å². The van der Waals surface area contributed by atoms with Crippen molar-refractivity contribution in [1.82, 2.24) is 19.8 Å². The zero-order valence-electron chi connectivity index (χ0n) is 21.3. The number of likely N-dealkylation sites (N-methyl/N-ethyl adjacent to an activating group) is 1. The van der Waals surface area contributed by atoms with Gasteiger partial charge in [0.05, 0.1) is 25.5 Å². The quantitative estimate of drug-likeness (QED) is 0.517. The van der Waals surface area contributed by atoms with Crippen molar-refractivity contribution in [2.45, 2.75) is 32.5 Å². The highest BCUT2D eigenvalue weighted by atomic mass is 16.5. The molecule has 1 N–H and O–H groups in total. The maximum absolute atomic E-state index is 13.6. The van der Waals surface area contributed by atoms with Crippen molar-refractivity contribution in [3.8, 4) is 22.8 Å². The van der Waals surface area contributed by atoms with Gasteiger partial charge in [0.15, 0.2) is 0 Å². The minimum atomic E-state index is -0.331. The lowest BCUT2D eigenvalue weighted by Gasteiger charge is -2.37. The van der Waals surface area contributed by atoms with Crippen LogP contribution >= 0.6 is 0 Å². The molecule has 1 aromatic carbocycles. The Bertz CT molecular complexity index is 1160. The number of nitrogens with zero attached hydrogens (tertiary/aromatic N) is 4. The second-order valence-corrected chi connectivity index (χ2v) is 9.45. The molecule has 3 heterocycles. The van der Waals surface area contributed by atoms with E-state index < -0.39 is 0 Å². The molecule has 0 spiro atoms. The molecule has 8 heteroatoms. The summed E-state index contributed by atoms with van der Waals surface area (Å²) in [5.74, 6) is 0.897. The highest BCUT2D eigenvalue weighted by molar-refractivity contribution is 5.98. The molecule has 36 heavy (non-hydrogen) atoms. The topological polar surface area (TPSA) is 88.0 Å². The van der Waals surface area contributed by atoms with Crippen LogP contribution in [0.25, 0.3) is 11.1 Å². The van der Waals surface area contributed by atoms with Gasteiger partial charge in [-0.25, -0.2) is 4.98 Å². The highest BCUT2D eigenvalue weighted by Crippen LogP contribution is 2.31. The molecule has 1 aliphatic rings. The first-order chi connectivity index (χ1) is 17.4. The molecule has 3 atom stereocenters. The molecule has 8 nitrogen and oxygen atoms in total. The summed E-state index contributed by atoms with van der Waals surface area (Å²) in [6, 6.07) is 15.0. The SMILES string of the molecule is COc1ccc(-c2cnc3c(c2)C(=O)N([C@@H](C)CO)C[C@H](C)[C@@H](CN(C)Cc2ccccn2)O3)cc1. The number of hydrogen-bond donors (Lipinski definition) is 1. The largest absolute Gasteiger partial charge is 0.497 e. The number of aliphatic hydroxyl groups excluding tert-OH is 1. The van der Waals surface area contributed by atoms with Crippen LogP contribution in [0.2, 0.25) is 0 Å². The molecule has 0 fully saturated rings. The Morgan fingerprint density at radius 3 is 2.64 bits per heavy atom. The molecule has 2 aromatic heterocycles. The van der Waals surface area contributed by atoms with Gasteiger partial charge < -0.3 is 19.5 Å². The van der Waals surface area contributed by atoms with Gasteiger partial charge in [-0.1, -0.05) is 25.1 Å². The number of carbonyl (C=O) groups excluding carboxylic acids is 1. The predicted molar refractivity (Wildman–Crippen MR) is 138 cm³/mol. The van der Waals surface area contributed by atoms with Crippen LogP contribution in [0.5, 0.6) is 11.6 Å². The fourth-order valence-corrected chi connectivity index (χ4v) is 4.40. The van der Waals surface area contributed by atoms with E-state index in [1.807, 2.05) is 62.5 Å². The third-order valence-corrected chi connectivity index (χ3v) is 6.59. The molecular weight excluding hydrogens is 456 g/mol. The molecule has 3 aromatic rings. The van der Waals surface area contributed by atoms with Crippen molar-refractivity contribution in [2.24, 2.45) is 5.92 Å². The molecule has 0 saturated heterocycles. The van der Waals surface area contributed by atoms with E-state index in [1.165, 1.54) is 0 Å². The molecule has 0 bridgehead atoms. The van der Waals surface area contributed by atoms with Crippen LogP contribution in [-0.2, 0) is 6.54 Å². The van der Waals surface area contributed by atoms with Gasteiger partial charge in [0.2, 0.25) is 5.88 Å². The highest BCUT2D eigenvalue weighted by Gasteiger charge is 2.34. The maximum Gasteiger partial charge on any atom is 0.259 e. The van der Waals surface area contributed by atoms with Crippen LogP contribution in [0.3, 0.4) is 0 Å². The minimum absolute atomic E-state index is 0.0188. The van der Waals surface area contributed by atoms with Gasteiger partial charge in [-0.15, -0.1) is 0 Å². The number of aliphatic hydroxyl groups is 1. The Labute approximate surface area is 212 Å². The van der Waals surface area contributed by atoms with Crippen molar-refractivity contribution >= 4 is 5.91 Å². The van der Waals surface area contributed by atoms with E-state index in [9.17, 15) is 9.90 Å². The third-order valence-electron chi connectivity index (χ3n) is 6.59. The number of amides is 1. The summed E-state index contributed by atoms with van der Waals surface area (Å²) < 4.78 is 11.7. The average molecular weight is 491 g/mol. The molecule has 0 unspecified atom stereocenters. The number of carbonyl (C=O) groups is 1. The van der Waals surface area contributed by atoms with E-state index in [0.717, 1.165) is 22.6 Å². The Balaban J connectivity index is 1.65. The van der Waals surface area contributed by atoms with Gasteiger partial charge in [-0.3, -0.25) is 14.7 Å². The first-order valence-electron chi connectivity index (χ1n) is 12.2. The second-order valence-electron chi connectivity index (χ2n) is 9.45. The van der Waals surface area contributed by atoms with E-state index in [-0.39, 0.29) is 30.6 Å². The molecule has 0 aliphatic carbocycles. The van der Waals surface area contributed by atoms with E-state index >= 15 is 0 Å². The van der Waals surface area contributed by atoms with Crippen molar-refractivity contribution < 1.29 is 19.4 Å². The number of pyridine rings is 2. The number of fused-ring (bicyclic) bond motifs is 1. The summed E-state index contributed by atoms with van der Waals surface area (Å²) in [4.78, 5) is 26.6. The predicted octanol–water partition coefficient (Wildman–Crippen LogP) is 3.50. The zero-order chi connectivity index (χ0) is 25.7. The summed E-state index contributed by atoms with van der Waals surface area (Å²) in [5.41, 5.74) is 3.10. The normalized spacial score (nSPS) is 18.7. The summed E-state index contributed by atoms with van der Waals surface area (Å²) in [7, 11) is 3.66. The Morgan fingerprint density at radius 2 is 1.97 bits per heavy atom. The van der Waals surface area contributed by atoms with E-state index in [4.69, 9.17) is 9.47 Å². The van der Waals surface area contributed by atoms with Crippen molar-refractivity contribution in [1.29, 1.82) is 0 Å². The molecule has 4 rings (SSSR count). The third kappa shape index (κ3) is 5.83. The summed E-state index contributed by atoms with van der Waals surface area (Å²) >= 11 is 0. The van der Waals surface area contributed by atoms with Gasteiger partial charge in [-0.05, 0) is 49.9 Å². The molecule has 1 amide bonds. The summed E-state index contributed by atoms with van der Waals surface area (Å²) in [6.45, 7) is 5.59. The summed E-state index contributed by atoms with van der Waals surface area (Å²) in [5, 5.41) is 9.89. The number of methoxy groups -OCH3 is 1. The standard InChI is InChI=1S/C28H34N4O4/c1-19-15-32(20(2)18-33)28(34)25-13-22(21-8-10-24(35-4)11-9-21)14-30-27(25)36-26(19)17-31(3)16-23-7-5-6-12-29-23/h5-14,19-20,26,33H,15-18H2,1-4H3/t19-,20-,26+/m0/s1. The average Bonchev–Trinajstić information content (AvgIpc) is 2.90. The molecule has 0 saturated carbocycles. The first-order valence-corrected chi connectivity index (χ1v) is 12.2. The second kappa shape index (κ2) is 11.5. The van der Waals surface area contributed by atoms with Gasteiger partial charge in [-0.2, -0.15) is 0 Å². The van der Waals surface area contributed by atoms with Gasteiger partial charge in [0.1, 0.15) is 17.4 Å². The maximum atomic E-state index is 13.6. The lowest BCUT2D eigenvalue weighted by Crippen LogP contribution is -2.49. The molecule has 190 valence electrons. The Kier molecular flexibility index (Phi) is 8.18. The number of benzene rings is 1. The Morgan fingerprint density at radius 1 is 1.19 bits per heavy atom. The van der Waals surface area contributed by atoms with Gasteiger partial charge in [0.25, 0.3) is 5.91 Å². The summed E-state index contributed by atoms with van der Waals surface area (Å²) in [6.07, 6.45) is 3.31. The van der Waals surface area contributed by atoms with E-state index in [2.05, 4.69) is 21.8 Å². The van der Waals surface area contributed by atoms with Crippen LogP contribution in [0.1, 0.15) is 29.9 Å². The number of rotatable bonds is 8. The van der Waals surface area contributed by atoms with Crippen molar-refractivity contribution in [2.75, 3.05) is 33.9 Å². The lowest BCUT2D eigenvalue weighted by atomic mass is 9.99. The molecular formula is C28H34N4O4. The van der Waals surface area contributed by atoms with Crippen LogP contribution < -0.4 is 9.47 Å².